The summed E-state index contributed by atoms with van der Waals surface area (Å²) < 4.78 is 5.56. The SMILES string of the molecule is CCc1ccc(-c2csc3nc(Cl)nc(N4CCN(c5ccccc5OC)CC4)c23)cc1. The van der Waals surface area contributed by atoms with Crippen molar-refractivity contribution in [3.8, 4) is 16.9 Å². The number of para-hydroxylation sites is 2. The summed E-state index contributed by atoms with van der Waals surface area (Å²) in [6, 6.07) is 17.0. The quantitative estimate of drug-likeness (QED) is 0.343. The van der Waals surface area contributed by atoms with Gasteiger partial charge in [-0.3, -0.25) is 0 Å². The molecule has 0 amide bonds. The highest BCUT2D eigenvalue weighted by Crippen LogP contribution is 2.39. The number of nitrogens with zero attached hydrogens (tertiary/aromatic N) is 4. The van der Waals surface area contributed by atoms with E-state index in [1.807, 2.05) is 12.1 Å². The van der Waals surface area contributed by atoms with Gasteiger partial charge >= 0.3 is 0 Å². The molecule has 0 bridgehead atoms. The molecule has 0 spiro atoms. The molecule has 0 unspecified atom stereocenters. The number of hydrogen-bond donors (Lipinski definition) is 0. The van der Waals surface area contributed by atoms with Gasteiger partial charge in [0, 0.05) is 37.1 Å². The van der Waals surface area contributed by atoms with Gasteiger partial charge in [0.05, 0.1) is 18.2 Å². The van der Waals surface area contributed by atoms with Crippen LogP contribution in [0.2, 0.25) is 5.28 Å². The fraction of sp³-hybridized carbons (Fsp3) is 0.280. The fourth-order valence-corrected chi connectivity index (χ4v) is 5.47. The van der Waals surface area contributed by atoms with Crippen LogP contribution in [0.5, 0.6) is 5.75 Å². The molecule has 32 heavy (non-hydrogen) atoms. The van der Waals surface area contributed by atoms with Gasteiger partial charge in [-0.25, -0.2) is 4.98 Å². The van der Waals surface area contributed by atoms with Crippen LogP contribution >= 0.6 is 22.9 Å². The van der Waals surface area contributed by atoms with Crippen LogP contribution in [0.25, 0.3) is 21.3 Å². The topological polar surface area (TPSA) is 41.5 Å². The lowest BCUT2D eigenvalue weighted by molar-refractivity contribution is 0.413. The summed E-state index contributed by atoms with van der Waals surface area (Å²) in [6.07, 6.45) is 1.03. The number of thiophene rings is 1. The second kappa shape index (κ2) is 8.96. The van der Waals surface area contributed by atoms with E-state index in [4.69, 9.17) is 21.3 Å². The summed E-state index contributed by atoms with van der Waals surface area (Å²) in [4.78, 5) is 14.8. The molecule has 0 radical (unpaired) electrons. The number of aromatic nitrogens is 2. The summed E-state index contributed by atoms with van der Waals surface area (Å²) in [5.41, 5.74) is 4.83. The average Bonchev–Trinajstić information content (AvgIpc) is 3.27. The molecule has 0 saturated carbocycles. The van der Waals surface area contributed by atoms with Crippen molar-refractivity contribution in [1.29, 1.82) is 0 Å². The molecule has 1 aliphatic heterocycles. The van der Waals surface area contributed by atoms with Crippen LogP contribution in [0.3, 0.4) is 0 Å². The van der Waals surface area contributed by atoms with Crippen molar-refractivity contribution in [3.63, 3.8) is 0 Å². The van der Waals surface area contributed by atoms with Gasteiger partial charge in [0.2, 0.25) is 5.28 Å². The zero-order chi connectivity index (χ0) is 22.1. The minimum atomic E-state index is 0.300. The zero-order valence-corrected chi connectivity index (χ0v) is 19.8. The first-order valence-electron chi connectivity index (χ1n) is 10.8. The molecule has 2 aromatic heterocycles. The highest BCUT2D eigenvalue weighted by Gasteiger charge is 2.24. The molecule has 0 N–H and O–H groups in total. The maximum Gasteiger partial charge on any atom is 0.225 e. The number of rotatable bonds is 5. The Labute approximate surface area is 197 Å². The van der Waals surface area contributed by atoms with Crippen LogP contribution in [0.15, 0.2) is 53.9 Å². The van der Waals surface area contributed by atoms with Gasteiger partial charge in [0.1, 0.15) is 16.4 Å². The number of fused-ring (bicyclic) bond motifs is 1. The second-order valence-corrected chi connectivity index (χ2v) is 9.04. The number of aryl methyl sites for hydroxylation is 1. The maximum atomic E-state index is 6.33. The number of methoxy groups -OCH3 is 1. The van der Waals surface area contributed by atoms with Crippen molar-refractivity contribution in [2.24, 2.45) is 0 Å². The molecule has 1 aliphatic rings. The standard InChI is InChI=1S/C25H25ClN4OS/c1-3-17-8-10-18(11-9-17)19-16-32-24-22(19)23(27-25(26)28-24)30-14-12-29(13-15-30)20-6-4-5-7-21(20)31-2/h4-11,16H,3,12-15H2,1-2H3. The molecule has 1 saturated heterocycles. The Bertz CT molecular complexity index is 1230. The van der Waals surface area contributed by atoms with E-state index >= 15 is 0 Å². The van der Waals surface area contributed by atoms with Gasteiger partial charge in [0.15, 0.2) is 0 Å². The minimum absolute atomic E-state index is 0.300. The van der Waals surface area contributed by atoms with Crippen molar-refractivity contribution in [2.45, 2.75) is 13.3 Å². The van der Waals surface area contributed by atoms with E-state index in [0.717, 1.165) is 60.1 Å². The van der Waals surface area contributed by atoms with E-state index in [1.54, 1.807) is 18.4 Å². The normalized spacial score (nSPS) is 14.2. The molecular weight excluding hydrogens is 440 g/mol. The van der Waals surface area contributed by atoms with Crippen LogP contribution in [0, 0.1) is 0 Å². The molecule has 5 rings (SSSR count). The van der Waals surface area contributed by atoms with E-state index < -0.39 is 0 Å². The largest absolute Gasteiger partial charge is 0.495 e. The molecular formula is C25H25ClN4OS. The molecule has 3 heterocycles. The number of ether oxygens (including phenoxy) is 1. The van der Waals surface area contributed by atoms with E-state index in [9.17, 15) is 0 Å². The molecule has 7 heteroatoms. The predicted octanol–water partition coefficient (Wildman–Crippen LogP) is 5.91. The van der Waals surface area contributed by atoms with Crippen molar-refractivity contribution in [3.05, 3.63) is 64.8 Å². The van der Waals surface area contributed by atoms with Gasteiger partial charge in [0.25, 0.3) is 0 Å². The van der Waals surface area contributed by atoms with Crippen molar-refractivity contribution in [1.82, 2.24) is 9.97 Å². The van der Waals surface area contributed by atoms with Crippen LogP contribution < -0.4 is 14.5 Å². The summed E-state index contributed by atoms with van der Waals surface area (Å²) >= 11 is 7.96. The molecule has 1 fully saturated rings. The van der Waals surface area contributed by atoms with E-state index in [1.165, 1.54) is 16.7 Å². The Balaban J connectivity index is 1.47. The smallest absolute Gasteiger partial charge is 0.225 e. The Morgan fingerprint density at radius 3 is 2.41 bits per heavy atom. The molecule has 4 aromatic rings. The first-order valence-corrected chi connectivity index (χ1v) is 12.1. The Morgan fingerprint density at radius 2 is 1.69 bits per heavy atom. The van der Waals surface area contributed by atoms with E-state index in [2.05, 4.69) is 63.5 Å². The lowest BCUT2D eigenvalue weighted by atomic mass is 10.0. The van der Waals surface area contributed by atoms with Crippen LogP contribution in [-0.4, -0.2) is 43.3 Å². The van der Waals surface area contributed by atoms with Gasteiger partial charge in [-0.15, -0.1) is 11.3 Å². The lowest BCUT2D eigenvalue weighted by Gasteiger charge is -2.37. The highest BCUT2D eigenvalue weighted by molar-refractivity contribution is 7.17. The number of piperazine rings is 1. The minimum Gasteiger partial charge on any atom is -0.495 e. The number of halogens is 1. The molecule has 5 nitrogen and oxygen atoms in total. The summed E-state index contributed by atoms with van der Waals surface area (Å²) in [5.74, 6) is 1.83. The Hall–Kier alpha value is -2.83. The first-order chi connectivity index (χ1) is 15.7. The van der Waals surface area contributed by atoms with Crippen molar-refractivity contribution in [2.75, 3.05) is 43.1 Å². The maximum absolute atomic E-state index is 6.33. The second-order valence-electron chi connectivity index (χ2n) is 7.84. The van der Waals surface area contributed by atoms with Gasteiger partial charge in [-0.05, 0) is 41.3 Å². The monoisotopic (exact) mass is 464 g/mol. The third kappa shape index (κ3) is 3.89. The van der Waals surface area contributed by atoms with Gasteiger partial charge < -0.3 is 14.5 Å². The summed E-state index contributed by atoms with van der Waals surface area (Å²) in [7, 11) is 1.72. The third-order valence-corrected chi connectivity index (χ3v) is 7.11. The van der Waals surface area contributed by atoms with Gasteiger partial charge in [-0.2, -0.15) is 4.98 Å². The molecule has 2 aromatic carbocycles. The van der Waals surface area contributed by atoms with Gasteiger partial charge in [-0.1, -0.05) is 43.3 Å². The van der Waals surface area contributed by atoms with Crippen LogP contribution in [0.1, 0.15) is 12.5 Å². The highest BCUT2D eigenvalue weighted by atomic mass is 35.5. The number of anilines is 2. The number of hydrogen-bond acceptors (Lipinski definition) is 6. The molecule has 0 atom stereocenters. The zero-order valence-electron chi connectivity index (χ0n) is 18.2. The third-order valence-electron chi connectivity index (χ3n) is 6.07. The summed E-state index contributed by atoms with van der Waals surface area (Å²) in [6.45, 7) is 5.64. The van der Waals surface area contributed by atoms with E-state index in [-0.39, 0.29) is 0 Å². The number of benzene rings is 2. The van der Waals surface area contributed by atoms with Crippen LogP contribution in [0.4, 0.5) is 11.5 Å². The molecule has 0 aliphatic carbocycles. The average molecular weight is 465 g/mol. The lowest BCUT2D eigenvalue weighted by Crippen LogP contribution is -2.47. The molecule has 164 valence electrons. The predicted molar refractivity (Wildman–Crippen MR) is 135 cm³/mol. The van der Waals surface area contributed by atoms with Crippen molar-refractivity contribution < 1.29 is 4.74 Å². The fourth-order valence-electron chi connectivity index (χ4n) is 4.31. The van der Waals surface area contributed by atoms with Crippen LogP contribution in [-0.2, 0) is 6.42 Å². The first kappa shape index (κ1) is 21.0. The Morgan fingerprint density at radius 1 is 0.969 bits per heavy atom. The van der Waals surface area contributed by atoms with Crippen molar-refractivity contribution >= 4 is 44.7 Å². The summed E-state index contributed by atoms with van der Waals surface area (Å²) in [5, 5.41) is 3.56. The Kier molecular flexibility index (Phi) is 5.89. The van der Waals surface area contributed by atoms with E-state index in [0.29, 0.717) is 5.28 Å².